The number of sulfonamides is 1. The third-order valence-electron chi connectivity index (χ3n) is 3.11. The average Bonchev–Trinajstić information content (AvgIpc) is 2.47. The number of rotatable bonds is 9. The van der Waals surface area contributed by atoms with Crippen LogP contribution in [0.3, 0.4) is 0 Å². The van der Waals surface area contributed by atoms with Gasteiger partial charge in [0.1, 0.15) is 0 Å². The molecule has 0 unspecified atom stereocenters. The van der Waals surface area contributed by atoms with Crippen LogP contribution in [0.15, 0.2) is 23.1 Å². The third kappa shape index (κ3) is 4.78. The van der Waals surface area contributed by atoms with Crippen LogP contribution < -0.4 is 0 Å². The Balaban J connectivity index is 3.08. The molecule has 0 aliphatic rings. The summed E-state index contributed by atoms with van der Waals surface area (Å²) in [4.78, 5) is 10.0. The summed E-state index contributed by atoms with van der Waals surface area (Å²) in [6, 6.07) is 6.19. The van der Waals surface area contributed by atoms with Crippen molar-refractivity contribution in [2.75, 3.05) is 13.1 Å². The minimum atomic E-state index is -3.73. The van der Waals surface area contributed by atoms with Crippen molar-refractivity contribution in [1.29, 1.82) is 0 Å². The molecule has 0 bridgehead atoms. The monoisotopic (exact) mass is 313 g/mol. The van der Waals surface area contributed by atoms with E-state index < -0.39 is 14.9 Å². The topological polar surface area (TPSA) is 80.5 Å². The van der Waals surface area contributed by atoms with E-state index in [1.165, 1.54) is 16.4 Å². The number of hydrogen-bond donors (Lipinski definition) is 0. The number of non-ortho nitro benzene ring substituents is 1. The van der Waals surface area contributed by atoms with Gasteiger partial charge < -0.3 is 0 Å². The smallest absolute Gasteiger partial charge is 0.258 e. The molecule has 117 valence electrons. The fraction of sp³-hybridized carbons (Fsp3) is 0.571. The summed E-state index contributed by atoms with van der Waals surface area (Å²) in [6.45, 7) is 4.83. The normalized spacial score (nSPS) is 11.8. The van der Waals surface area contributed by atoms with Crippen LogP contribution in [-0.2, 0) is 10.0 Å². The quantitative estimate of drug-likeness (QED) is 0.518. The molecule has 1 radical (unpaired) electrons. The first-order valence-electron chi connectivity index (χ1n) is 7.09. The number of nitro benzene ring substituents is 1. The SMILES string of the molecule is CCCCN(CCCC)S(=O)(=O)c1[c]ccc([N+](=O)[O-])c1. The molecule has 1 rings (SSSR count). The minimum absolute atomic E-state index is 0.135. The molecule has 0 heterocycles. The molecule has 21 heavy (non-hydrogen) atoms. The van der Waals surface area contributed by atoms with Crippen LogP contribution in [-0.4, -0.2) is 30.7 Å². The Morgan fingerprint density at radius 3 is 2.29 bits per heavy atom. The molecule has 0 saturated carbocycles. The Morgan fingerprint density at radius 1 is 1.24 bits per heavy atom. The van der Waals surface area contributed by atoms with Crippen molar-refractivity contribution in [3.8, 4) is 0 Å². The van der Waals surface area contributed by atoms with Crippen LogP contribution >= 0.6 is 0 Å². The molecule has 0 fully saturated rings. The van der Waals surface area contributed by atoms with E-state index in [4.69, 9.17) is 0 Å². The van der Waals surface area contributed by atoms with E-state index in [1.54, 1.807) is 0 Å². The molecule has 0 aliphatic heterocycles. The Morgan fingerprint density at radius 2 is 1.81 bits per heavy atom. The predicted molar refractivity (Wildman–Crippen MR) is 80.5 cm³/mol. The van der Waals surface area contributed by atoms with Gasteiger partial charge in [-0.25, -0.2) is 8.42 Å². The Hall–Kier alpha value is -1.47. The standard InChI is InChI=1S/C14H21N2O4S/c1-3-5-10-15(11-6-4-2)21(19,20)14-9-7-8-13(12-14)16(17)18/h7-8,12H,3-6,10-11H2,1-2H3. The van der Waals surface area contributed by atoms with Crippen molar-refractivity contribution in [1.82, 2.24) is 4.31 Å². The van der Waals surface area contributed by atoms with E-state index >= 15 is 0 Å². The van der Waals surface area contributed by atoms with Gasteiger partial charge in [-0.1, -0.05) is 26.7 Å². The van der Waals surface area contributed by atoms with Crippen molar-refractivity contribution >= 4 is 15.7 Å². The zero-order chi connectivity index (χ0) is 15.9. The summed E-state index contributed by atoms with van der Waals surface area (Å²) >= 11 is 0. The molecule has 0 atom stereocenters. The minimum Gasteiger partial charge on any atom is -0.258 e. The van der Waals surface area contributed by atoms with E-state index in [9.17, 15) is 18.5 Å². The lowest BCUT2D eigenvalue weighted by atomic mass is 10.3. The molecule has 7 heteroatoms. The lowest BCUT2D eigenvalue weighted by Gasteiger charge is -2.21. The first kappa shape index (κ1) is 17.6. The van der Waals surface area contributed by atoms with Crippen molar-refractivity contribution in [3.63, 3.8) is 0 Å². The summed E-state index contributed by atoms with van der Waals surface area (Å²) in [5.41, 5.74) is -0.238. The van der Waals surface area contributed by atoms with Gasteiger partial charge in [-0.05, 0) is 18.9 Å². The van der Waals surface area contributed by atoms with Crippen LogP contribution in [0.4, 0.5) is 5.69 Å². The second kappa shape index (κ2) is 8.09. The zero-order valence-corrected chi connectivity index (χ0v) is 13.2. The van der Waals surface area contributed by atoms with Gasteiger partial charge in [-0.3, -0.25) is 10.1 Å². The molecule has 1 aromatic carbocycles. The summed E-state index contributed by atoms with van der Waals surface area (Å²) in [5.74, 6) is 0. The summed E-state index contributed by atoms with van der Waals surface area (Å²) in [7, 11) is -3.73. The lowest BCUT2D eigenvalue weighted by Crippen LogP contribution is -2.33. The molecule has 0 amide bonds. The predicted octanol–water partition coefficient (Wildman–Crippen LogP) is 2.99. The van der Waals surface area contributed by atoms with Gasteiger partial charge in [0.2, 0.25) is 10.0 Å². The van der Waals surface area contributed by atoms with E-state index in [1.807, 2.05) is 13.8 Å². The van der Waals surface area contributed by atoms with Crippen LogP contribution in [0.2, 0.25) is 0 Å². The number of nitrogens with zero attached hydrogens (tertiary/aromatic N) is 2. The van der Waals surface area contributed by atoms with Crippen molar-refractivity contribution < 1.29 is 13.3 Å². The largest absolute Gasteiger partial charge is 0.270 e. The van der Waals surface area contributed by atoms with Crippen molar-refractivity contribution in [2.24, 2.45) is 0 Å². The fourth-order valence-corrected chi connectivity index (χ4v) is 3.36. The van der Waals surface area contributed by atoms with Crippen molar-refractivity contribution in [2.45, 2.75) is 44.4 Å². The molecule has 1 aromatic rings. The molecule has 0 spiro atoms. The highest BCUT2D eigenvalue weighted by Gasteiger charge is 2.25. The molecule has 6 nitrogen and oxygen atoms in total. The number of nitro groups is 1. The first-order chi connectivity index (χ1) is 9.93. The molecule has 0 N–H and O–H groups in total. The Labute approximate surface area is 126 Å². The Bertz CT molecular complexity index is 564. The average molecular weight is 313 g/mol. The van der Waals surface area contributed by atoms with Crippen LogP contribution in [0.25, 0.3) is 0 Å². The first-order valence-corrected chi connectivity index (χ1v) is 8.53. The van der Waals surface area contributed by atoms with Crippen LogP contribution in [0.5, 0.6) is 0 Å². The van der Waals surface area contributed by atoms with E-state index in [2.05, 4.69) is 6.07 Å². The maximum Gasteiger partial charge on any atom is 0.270 e. The number of unbranched alkanes of at least 4 members (excludes halogenated alkanes) is 2. The molecular formula is C14H21N2O4S. The zero-order valence-electron chi connectivity index (χ0n) is 12.4. The highest BCUT2D eigenvalue weighted by Crippen LogP contribution is 2.21. The number of hydrogen-bond acceptors (Lipinski definition) is 4. The van der Waals surface area contributed by atoms with Gasteiger partial charge in [0.25, 0.3) is 5.69 Å². The Kier molecular flexibility index (Phi) is 6.77. The van der Waals surface area contributed by atoms with E-state index in [-0.39, 0.29) is 10.6 Å². The van der Waals surface area contributed by atoms with Crippen LogP contribution in [0, 0.1) is 16.2 Å². The molecule has 0 aliphatic carbocycles. The highest BCUT2D eigenvalue weighted by molar-refractivity contribution is 7.89. The van der Waals surface area contributed by atoms with Gasteiger partial charge >= 0.3 is 0 Å². The molecule has 0 aromatic heterocycles. The summed E-state index contributed by atoms with van der Waals surface area (Å²) in [5, 5.41) is 10.8. The maximum atomic E-state index is 12.6. The van der Waals surface area contributed by atoms with Gasteiger partial charge in [-0.15, -0.1) is 0 Å². The summed E-state index contributed by atoms with van der Waals surface area (Å²) in [6.07, 6.45) is 3.29. The fourth-order valence-electron chi connectivity index (χ4n) is 1.86. The van der Waals surface area contributed by atoms with Gasteiger partial charge in [0.05, 0.1) is 9.82 Å². The molecule has 0 saturated heterocycles. The lowest BCUT2D eigenvalue weighted by molar-refractivity contribution is -0.385. The van der Waals surface area contributed by atoms with E-state index in [0.717, 1.165) is 31.7 Å². The second-order valence-electron chi connectivity index (χ2n) is 4.78. The second-order valence-corrected chi connectivity index (χ2v) is 6.69. The van der Waals surface area contributed by atoms with Crippen molar-refractivity contribution in [3.05, 3.63) is 34.4 Å². The summed E-state index contributed by atoms with van der Waals surface area (Å²) < 4.78 is 26.6. The molecular weight excluding hydrogens is 292 g/mol. The third-order valence-corrected chi connectivity index (χ3v) is 4.95. The van der Waals surface area contributed by atoms with Gasteiger partial charge in [-0.2, -0.15) is 4.31 Å². The van der Waals surface area contributed by atoms with E-state index in [0.29, 0.717) is 13.1 Å². The van der Waals surface area contributed by atoms with Gasteiger partial charge in [0.15, 0.2) is 0 Å². The number of benzene rings is 1. The highest BCUT2D eigenvalue weighted by atomic mass is 32.2. The van der Waals surface area contributed by atoms with Crippen LogP contribution in [0.1, 0.15) is 39.5 Å². The van der Waals surface area contributed by atoms with Gasteiger partial charge in [0, 0.05) is 31.3 Å². The maximum absolute atomic E-state index is 12.6.